The summed E-state index contributed by atoms with van der Waals surface area (Å²) in [6.07, 6.45) is 5.44. The molecule has 0 unspecified atom stereocenters. The van der Waals surface area contributed by atoms with Crippen LogP contribution in [0, 0.1) is 12.3 Å². The highest BCUT2D eigenvalue weighted by molar-refractivity contribution is 4.82. The standard InChI is InChI=1S/C6H10O.C4H11NO/c1-4-5-7-6(2)3;1-4(2)6-3-5/h1,6H,5H2,2-3H3;4H,3,5H2,1-2H3. The van der Waals surface area contributed by atoms with E-state index in [1.807, 2.05) is 27.7 Å². The van der Waals surface area contributed by atoms with Gasteiger partial charge in [-0.2, -0.15) is 0 Å². The van der Waals surface area contributed by atoms with Crippen LogP contribution in [-0.4, -0.2) is 25.5 Å². The second-order valence-electron chi connectivity index (χ2n) is 2.95. The van der Waals surface area contributed by atoms with Crippen molar-refractivity contribution in [3.8, 4) is 12.3 Å². The molecule has 0 atom stereocenters. The Morgan fingerprint density at radius 1 is 1.15 bits per heavy atom. The molecule has 0 aromatic rings. The van der Waals surface area contributed by atoms with Gasteiger partial charge in [0.15, 0.2) is 0 Å². The smallest absolute Gasteiger partial charge is 0.107 e. The first-order chi connectivity index (χ1) is 6.04. The van der Waals surface area contributed by atoms with Gasteiger partial charge >= 0.3 is 0 Å². The Kier molecular flexibility index (Phi) is 13.1. The van der Waals surface area contributed by atoms with Crippen LogP contribution < -0.4 is 5.73 Å². The molecular weight excluding hydrogens is 166 g/mol. The van der Waals surface area contributed by atoms with E-state index in [0.717, 1.165) is 0 Å². The monoisotopic (exact) mass is 187 g/mol. The molecule has 3 nitrogen and oxygen atoms in total. The molecule has 2 N–H and O–H groups in total. The Bertz CT molecular complexity index is 127. The van der Waals surface area contributed by atoms with Gasteiger partial charge in [-0.15, -0.1) is 6.42 Å². The molecule has 0 heterocycles. The quantitative estimate of drug-likeness (QED) is 0.534. The fraction of sp³-hybridized carbons (Fsp3) is 0.800. The minimum Gasteiger partial charge on any atom is -0.366 e. The van der Waals surface area contributed by atoms with E-state index < -0.39 is 0 Å². The lowest BCUT2D eigenvalue weighted by atomic mass is 10.5. The van der Waals surface area contributed by atoms with Gasteiger partial charge in [0, 0.05) is 0 Å². The molecule has 0 aromatic heterocycles. The van der Waals surface area contributed by atoms with Crippen molar-refractivity contribution >= 4 is 0 Å². The Balaban J connectivity index is 0. The number of hydrogen-bond acceptors (Lipinski definition) is 3. The van der Waals surface area contributed by atoms with Crippen molar-refractivity contribution in [1.29, 1.82) is 0 Å². The summed E-state index contributed by atoms with van der Waals surface area (Å²) in [5.41, 5.74) is 5.01. The van der Waals surface area contributed by atoms with E-state index in [9.17, 15) is 0 Å². The SMILES string of the molecule is C#CCOC(C)C.CC(C)OCN. The van der Waals surface area contributed by atoms with Gasteiger partial charge in [-0.05, 0) is 27.7 Å². The molecule has 0 aliphatic carbocycles. The first-order valence-electron chi connectivity index (χ1n) is 4.41. The van der Waals surface area contributed by atoms with Gasteiger partial charge in [0.1, 0.15) is 6.61 Å². The van der Waals surface area contributed by atoms with E-state index in [-0.39, 0.29) is 12.2 Å². The first-order valence-corrected chi connectivity index (χ1v) is 4.41. The molecule has 0 aromatic carbocycles. The van der Waals surface area contributed by atoms with Gasteiger partial charge in [-0.25, -0.2) is 0 Å². The van der Waals surface area contributed by atoms with E-state index in [4.69, 9.17) is 21.6 Å². The summed E-state index contributed by atoms with van der Waals surface area (Å²) in [4.78, 5) is 0. The predicted molar refractivity (Wildman–Crippen MR) is 55.2 cm³/mol. The van der Waals surface area contributed by atoms with Crippen LogP contribution in [0.2, 0.25) is 0 Å². The van der Waals surface area contributed by atoms with E-state index in [1.165, 1.54) is 0 Å². The lowest BCUT2D eigenvalue weighted by Gasteiger charge is -2.00. The highest BCUT2D eigenvalue weighted by atomic mass is 16.5. The molecule has 0 aliphatic heterocycles. The highest BCUT2D eigenvalue weighted by Crippen LogP contribution is 1.83. The molecule has 78 valence electrons. The summed E-state index contributed by atoms with van der Waals surface area (Å²) in [5.74, 6) is 2.38. The molecule has 0 amide bonds. The largest absolute Gasteiger partial charge is 0.366 e. The minimum absolute atomic E-state index is 0.260. The number of rotatable bonds is 4. The first kappa shape index (κ1) is 14.9. The molecule has 0 spiro atoms. The van der Waals surface area contributed by atoms with Crippen LogP contribution in [0.15, 0.2) is 0 Å². The number of terminal acetylenes is 1. The second kappa shape index (κ2) is 11.4. The van der Waals surface area contributed by atoms with Gasteiger partial charge in [-0.1, -0.05) is 5.92 Å². The summed E-state index contributed by atoms with van der Waals surface area (Å²) >= 11 is 0. The Labute approximate surface area is 81.6 Å². The van der Waals surface area contributed by atoms with Crippen LogP contribution in [0.25, 0.3) is 0 Å². The summed E-state index contributed by atoms with van der Waals surface area (Å²) in [6.45, 7) is 8.57. The zero-order chi connectivity index (χ0) is 10.7. The van der Waals surface area contributed by atoms with Crippen LogP contribution in [0.1, 0.15) is 27.7 Å². The van der Waals surface area contributed by atoms with Crippen LogP contribution in [-0.2, 0) is 9.47 Å². The maximum absolute atomic E-state index is 5.01. The topological polar surface area (TPSA) is 44.5 Å². The zero-order valence-corrected chi connectivity index (χ0v) is 9.04. The van der Waals surface area contributed by atoms with Crippen molar-refractivity contribution in [2.75, 3.05) is 13.3 Å². The Hall–Kier alpha value is -0.560. The Morgan fingerprint density at radius 3 is 1.69 bits per heavy atom. The van der Waals surface area contributed by atoms with Crippen molar-refractivity contribution in [2.24, 2.45) is 5.73 Å². The third-order valence-corrected chi connectivity index (χ3v) is 0.930. The van der Waals surface area contributed by atoms with Crippen LogP contribution in [0.4, 0.5) is 0 Å². The van der Waals surface area contributed by atoms with Crippen LogP contribution in [0.3, 0.4) is 0 Å². The average molecular weight is 187 g/mol. The van der Waals surface area contributed by atoms with E-state index in [1.54, 1.807) is 0 Å². The summed E-state index contributed by atoms with van der Waals surface area (Å²) in [6, 6.07) is 0. The number of hydrogen-bond donors (Lipinski definition) is 1. The fourth-order valence-electron chi connectivity index (χ4n) is 0.407. The van der Waals surface area contributed by atoms with Crippen LogP contribution in [0.5, 0.6) is 0 Å². The third kappa shape index (κ3) is 24.6. The third-order valence-electron chi connectivity index (χ3n) is 0.930. The maximum atomic E-state index is 5.01. The lowest BCUT2D eigenvalue weighted by Crippen LogP contribution is -2.10. The van der Waals surface area contributed by atoms with Gasteiger partial charge in [0.2, 0.25) is 0 Å². The maximum Gasteiger partial charge on any atom is 0.107 e. The van der Waals surface area contributed by atoms with Gasteiger partial charge in [-0.3, -0.25) is 0 Å². The average Bonchev–Trinajstić information content (AvgIpc) is 2.01. The lowest BCUT2D eigenvalue weighted by molar-refractivity contribution is 0.0843. The summed E-state index contributed by atoms with van der Waals surface area (Å²) in [7, 11) is 0. The molecular formula is C10H21NO2. The molecule has 0 fully saturated rings. The molecule has 13 heavy (non-hydrogen) atoms. The molecule has 0 bridgehead atoms. The molecule has 0 saturated carbocycles. The molecule has 0 radical (unpaired) electrons. The summed E-state index contributed by atoms with van der Waals surface area (Å²) < 4.78 is 9.77. The molecule has 0 aliphatic rings. The van der Waals surface area contributed by atoms with Crippen molar-refractivity contribution in [1.82, 2.24) is 0 Å². The van der Waals surface area contributed by atoms with Crippen molar-refractivity contribution < 1.29 is 9.47 Å². The number of nitrogens with two attached hydrogens (primary N) is 1. The van der Waals surface area contributed by atoms with Crippen LogP contribution >= 0.6 is 0 Å². The van der Waals surface area contributed by atoms with E-state index in [0.29, 0.717) is 13.3 Å². The minimum atomic E-state index is 0.260. The number of ether oxygens (including phenoxy) is 2. The predicted octanol–water partition coefficient (Wildman–Crippen LogP) is 1.37. The van der Waals surface area contributed by atoms with Gasteiger partial charge in [0.25, 0.3) is 0 Å². The normalized spacial score (nSPS) is 9.38. The molecule has 0 rings (SSSR count). The Morgan fingerprint density at radius 2 is 1.62 bits per heavy atom. The summed E-state index contributed by atoms with van der Waals surface area (Å²) in [5, 5.41) is 0. The fourth-order valence-corrected chi connectivity index (χ4v) is 0.407. The zero-order valence-electron chi connectivity index (χ0n) is 9.04. The highest BCUT2D eigenvalue weighted by Gasteiger charge is 1.85. The second-order valence-corrected chi connectivity index (χ2v) is 2.95. The van der Waals surface area contributed by atoms with Crippen molar-refractivity contribution in [3.05, 3.63) is 0 Å². The van der Waals surface area contributed by atoms with Gasteiger partial charge in [0.05, 0.1) is 18.9 Å². The molecule has 3 heteroatoms. The van der Waals surface area contributed by atoms with Gasteiger partial charge < -0.3 is 15.2 Å². The van der Waals surface area contributed by atoms with E-state index in [2.05, 4.69) is 5.92 Å². The van der Waals surface area contributed by atoms with E-state index >= 15 is 0 Å². The van der Waals surface area contributed by atoms with Crippen molar-refractivity contribution in [2.45, 2.75) is 39.9 Å². The van der Waals surface area contributed by atoms with Crippen molar-refractivity contribution in [3.63, 3.8) is 0 Å². The molecule has 0 saturated heterocycles.